The van der Waals surface area contributed by atoms with Crippen LogP contribution in [0.15, 0.2) is 18.2 Å². The lowest BCUT2D eigenvalue weighted by molar-refractivity contribution is -0.127. The average molecular weight is 275 g/mol. The molecule has 0 aliphatic carbocycles. The highest BCUT2D eigenvalue weighted by molar-refractivity contribution is 5.81. The predicted octanol–water partition coefficient (Wildman–Crippen LogP) is 1.80. The van der Waals surface area contributed by atoms with Gasteiger partial charge in [0.15, 0.2) is 0 Å². The number of nitrogens with zero attached hydrogens (tertiary/aromatic N) is 2. The quantitative estimate of drug-likeness (QED) is 0.915. The lowest BCUT2D eigenvalue weighted by Crippen LogP contribution is -2.48. The molecule has 1 saturated heterocycles. The maximum Gasteiger partial charge on any atom is 0.237 e. The molecule has 1 aliphatic rings. The standard InChI is InChI=1S/C15H18FN3O/c1-18-15(20)13-7-2-3-8-19(13)10-12-6-4-5-11(9-17)14(12)16/h4-6,13H,2-3,7-8,10H2,1H3,(H,18,20). The molecule has 1 aromatic carbocycles. The Morgan fingerprint density at radius 3 is 3.05 bits per heavy atom. The molecule has 1 heterocycles. The van der Waals surface area contributed by atoms with Crippen LogP contribution in [0.2, 0.25) is 0 Å². The van der Waals surface area contributed by atoms with Crippen LogP contribution < -0.4 is 5.32 Å². The van der Waals surface area contributed by atoms with E-state index < -0.39 is 5.82 Å². The van der Waals surface area contributed by atoms with Crippen LogP contribution in [0.5, 0.6) is 0 Å². The molecule has 0 spiro atoms. The van der Waals surface area contributed by atoms with Crippen LogP contribution in [0.3, 0.4) is 0 Å². The number of carbonyl (C=O) groups is 1. The Kier molecular flexibility index (Phi) is 4.70. The molecule has 1 amide bonds. The number of piperidine rings is 1. The van der Waals surface area contributed by atoms with E-state index in [0.717, 1.165) is 25.8 Å². The number of carbonyl (C=O) groups excluding carboxylic acids is 1. The lowest BCUT2D eigenvalue weighted by atomic mass is 10.00. The summed E-state index contributed by atoms with van der Waals surface area (Å²) < 4.78 is 14.1. The van der Waals surface area contributed by atoms with E-state index >= 15 is 0 Å². The molecule has 0 radical (unpaired) electrons. The summed E-state index contributed by atoms with van der Waals surface area (Å²) in [6.45, 7) is 1.13. The van der Waals surface area contributed by atoms with Crippen molar-refractivity contribution >= 4 is 5.91 Å². The second kappa shape index (κ2) is 6.49. The molecule has 1 aliphatic heterocycles. The van der Waals surface area contributed by atoms with Crippen molar-refractivity contribution < 1.29 is 9.18 Å². The summed E-state index contributed by atoms with van der Waals surface area (Å²) >= 11 is 0. The molecule has 2 rings (SSSR count). The summed E-state index contributed by atoms with van der Waals surface area (Å²) in [5.41, 5.74) is 0.524. The maximum absolute atomic E-state index is 14.1. The Morgan fingerprint density at radius 2 is 2.35 bits per heavy atom. The van der Waals surface area contributed by atoms with Gasteiger partial charge in [0.05, 0.1) is 11.6 Å². The number of benzene rings is 1. The number of hydrogen-bond acceptors (Lipinski definition) is 3. The third kappa shape index (κ3) is 2.97. The van der Waals surface area contributed by atoms with Gasteiger partial charge in [-0.05, 0) is 25.5 Å². The number of likely N-dealkylation sites (tertiary alicyclic amines) is 1. The largest absolute Gasteiger partial charge is 0.358 e. The number of rotatable bonds is 3. The van der Waals surface area contributed by atoms with Crippen LogP contribution >= 0.6 is 0 Å². The zero-order valence-corrected chi connectivity index (χ0v) is 11.5. The number of halogens is 1. The van der Waals surface area contributed by atoms with Gasteiger partial charge in [-0.15, -0.1) is 0 Å². The minimum absolute atomic E-state index is 0.0263. The first-order valence-corrected chi connectivity index (χ1v) is 6.80. The van der Waals surface area contributed by atoms with Crippen LogP contribution in [0.25, 0.3) is 0 Å². The zero-order chi connectivity index (χ0) is 14.5. The second-order valence-corrected chi connectivity index (χ2v) is 4.99. The predicted molar refractivity (Wildman–Crippen MR) is 73.2 cm³/mol. The third-order valence-corrected chi connectivity index (χ3v) is 3.74. The highest BCUT2D eigenvalue weighted by atomic mass is 19.1. The smallest absolute Gasteiger partial charge is 0.237 e. The van der Waals surface area contributed by atoms with Crippen LogP contribution in [-0.4, -0.2) is 30.4 Å². The van der Waals surface area contributed by atoms with Crippen molar-refractivity contribution in [2.45, 2.75) is 31.8 Å². The van der Waals surface area contributed by atoms with E-state index in [1.165, 1.54) is 6.07 Å². The second-order valence-electron chi connectivity index (χ2n) is 4.99. The first kappa shape index (κ1) is 14.5. The molecule has 0 aromatic heterocycles. The fourth-order valence-corrected chi connectivity index (χ4v) is 2.65. The Hall–Kier alpha value is -1.93. The van der Waals surface area contributed by atoms with Crippen LogP contribution in [0.1, 0.15) is 30.4 Å². The van der Waals surface area contributed by atoms with Crippen molar-refractivity contribution in [1.29, 1.82) is 5.26 Å². The molecular weight excluding hydrogens is 257 g/mol. The number of likely N-dealkylation sites (N-methyl/N-ethyl adjacent to an activating group) is 1. The number of amides is 1. The van der Waals surface area contributed by atoms with E-state index in [9.17, 15) is 9.18 Å². The topological polar surface area (TPSA) is 56.1 Å². The highest BCUT2D eigenvalue weighted by Gasteiger charge is 2.28. The van der Waals surface area contributed by atoms with Crippen molar-refractivity contribution in [3.63, 3.8) is 0 Å². The van der Waals surface area contributed by atoms with Crippen molar-refractivity contribution in [3.8, 4) is 6.07 Å². The minimum Gasteiger partial charge on any atom is -0.358 e. The van der Waals surface area contributed by atoms with Gasteiger partial charge >= 0.3 is 0 Å². The van der Waals surface area contributed by atoms with Crippen molar-refractivity contribution in [2.24, 2.45) is 0 Å². The molecule has 0 saturated carbocycles. The molecule has 5 heteroatoms. The van der Waals surface area contributed by atoms with Gasteiger partial charge in [0.25, 0.3) is 0 Å². The van der Waals surface area contributed by atoms with Gasteiger partial charge in [-0.1, -0.05) is 18.6 Å². The molecule has 0 bridgehead atoms. The number of nitriles is 1. The molecule has 1 N–H and O–H groups in total. The van der Waals surface area contributed by atoms with Gasteiger partial charge in [-0.2, -0.15) is 5.26 Å². The number of hydrogen-bond donors (Lipinski definition) is 1. The molecular formula is C15H18FN3O. The molecule has 1 unspecified atom stereocenters. The van der Waals surface area contributed by atoms with E-state index in [1.54, 1.807) is 19.2 Å². The van der Waals surface area contributed by atoms with Gasteiger partial charge in [0, 0.05) is 19.2 Å². The molecule has 20 heavy (non-hydrogen) atoms. The molecule has 1 fully saturated rings. The molecule has 4 nitrogen and oxygen atoms in total. The average Bonchev–Trinajstić information content (AvgIpc) is 2.49. The van der Waals surface area contributed by atoms with E-state index in [0.29, 0.717) is 12.1 Å². The fraction of sp³-hybridized carbons (Fsp3) is 0.467. The summed E-state index contributed by atoms with van der Waals surface area (Å²) in [7, 11) is 1.62. The summed E-state index contributed by atoms with van der Waals surface area (Å²) in [6.07, 6.45) is 2.81. The van der Waals surface area contributed by atoms with Gasteiger partial charge in [-0.25, -0.2) is 4.39 Å². The summed E-state index contributed by atoms with van der Waals surface area (Å²) in [6, 6.07) is 6.45. The Bertz CT molecular complexity index is 538. The van der Waals surface area contributed by atoms with Crippen LogP contribution in [0, 0.1) is 17.1 Å². The first-order valence-electron chi connectivity index (χ1n) is 6.80. The molecule has 1 atom stereocenters. The van der Waals surface area contributed by atoms with Crippen molar-refractivity contribution in [3.05, 3.63) is 35.1 Å². The van der Waals surface area contributed by atoms with Crippen LogP contribution in [-0.2, 0) is 11.3 Å². The lowest BCUT2D eigenvalue weighted by Gasteiger charge is -2.34. The molecule has 1 aromatic rings. The van der Waals surface area contributed by atoms with Gasteiger partial charge in [-0.3, -0.25) is 9.69 Å². The monoisotopic (exact) mass is 275 g/mol. The zero-order valence-electron chi connectivity index (χ0n) is 11.5. The van der Waals surface area contributed by atoms with Gasteiger partial charge < -0.3 is 5.32 Å². The van der Waals surface area contributed by atoms with Gasteiger partial charge in [0.1, 0.15) is 11.9 Å². The third-order valence-electron chi connectivity index (χ3n) is 3.74. The summed E-state index contributed by atoms with van der Waals surface area (Å²) in [5.74, 6) is -0.502. The van der Waals surface area contributed by atoms with E-state index in [2.05, 4.69) is 5.32 Å². The van der Waals surface area contributed by atoms with E-state index in [4.69, 9.17) is 5.26 Å². The summed E-state index contributed by atoms with van der Waals surface area (Å²) in [5, 5.41) is 11.5. The van der Waals surface area contributed by atoms with Crippen LogP contribution in [0.4, 0.5) is 4.39 Å². The Labute approximate surface area is 118 Å². The number of nitrogens with one attached hydrogen (secondary N) is 1. The first-order chi connectivity index (χ1) is 9.67. The van der Waals surface area contributed by atoms with E-state index in [-0.39, 0.29) is 17.5 Å². The summed E-state index contributed by atoms with van der Waals surface area (Å²) in [4.78, 5) is 13.9. The maximum atomic E-state index is 14.1. The van der Waals surface area contributed by atoms with Crippen molar-refractivity contribution in [1.82, 2.24) is 10.2 Å². The highest BCUT2D eigenvalue weighted by Crippen LogP contribution is 2.22. The van der Waals surface area contributed by atoms with Crippen molar-refractivity contribution in [2.75, 3.05) is 13.6 Å². The minimum atomic E-state index is -0.476. The van der Waals surface area contributed by atoms with Gasteiger partial charge in [0.2, 0.25) is 5.91 Å². The normalized spacial score (nSPS) is 19.4. The Morgan fingerprint density at radius 1 is 1.55 bits per heavy atom. The SMILES string of the molecule is CNC(=O)C1CCCCN1Cc1cccc(C#N)c1F. The van der Waals surface area contributed by atoms with E-state index in [1.807, 2.05) is 11.0 Å². The molecule has 106 valence electrons. The fourth-order valence-electron chi connectivity index (χ4n) is 2.65. The Balaban J connectivity index is 2.19.